The van der Waals surface area contributed by atoms with E-state index in [2.05, 4.69) is 44.9 Å². The zero-order chi connectivity index (χ0) is 60.0. The Morgan fingerprint density at radius 3 is 0.744 bits per heavy atom. The van der Waals surface area contributed by atoms with E-state index in [1.54, 1.807) is 270 Å². The molecule has 0 aliphatic carbocycles. The molecular formula is C17H24N2S63. The number of pyridine rings is 2. The summed E-state index contributed by atoms with van der Waals surface area (Å²) in [5.74, 6) is 0. The summed E-state index contributed by atoms with van der Waals surface area (Å²) < 4.78 is 2.01. The summed E-state index contributed by atoms with van der Waals surface area (Å²) in [6, 6.07) is 12.0. The van der Waals surface area contributed by atoms with Crippen LogP contribution in [0.5, 0.6) is 0 Å². The van der Waals surface area contributed by atoms with Gasteiger partial charge in [-0.3, -0.25) is 0 Å². The van der Waals surface area contributed by atoms with Crippen LogP contribution in [0.2, 0.25) is 0 Å². The van der Waals surface area contributed by atoms with Crippen LogP contribution >= 0.6 is 43.2 Å². The molecule has 0 unspecified atom stereocenters. The highest BCUT2D eigenvalue weighted by atomic mass is 33.5. The lowest BCUT2D eigenvalue weighted by Crippen LogP contribution is -2.30. The van der Waals surface area contributed by atoms with E-state index >= 15 is 0 Å². The molecule has 0 amide bonds. The third kappa shape index (κ3) is 86.9. The van der Waals surface area contributed by atoms with Gasteiger partial charge < -0.3 is 4.57 Å². The summed E-state index contributed by atoms with van der Waals surface area (Å²) in [6.07, 6.45) is 4.93. The third-order valence-corrected chi connectivity index (χ3v) is 127. The van der Waals surface area contributed by atoms with Crippen molar-refractivity contribution in [2.75, 3.05) is 0 Å². The molecule has 2 heterocycles. The number of rotatable bonds is 6. The van der Waals surface area contributed by atoms with E-state index in [1.807, 2.05) is 274 Å². The van der Waals surface area contributed by atoms with Crippen LogP contribution in [0.25, 0.3) is 0 Å². The van der Waals surface area contributed by atoms with Gasteiger partial charge in [-0.1, -0.05) is 72.2 Å². The Morgan fingerprint density at radius 2 is 0.549 bits per heavy atom. The predicted octanol–water partition coefficient (Wildman–Crippen LogP) is 5.55. The highest BCUT2D eigenvalue weighted by Crippen LogP contribution is 2.32. The highest BCUT2D eigenvalue weighted by molar-refractivity contribution is 8.83. The van der Waals surface area contributed by atoms with E-state index in [4.69, 9.17) is 44.8 Å². The molecule has 0 spiro atoms. The lowest BCUT2D eigenvalue weighted by molar-refractivity contribution is -0.712. The fraction of sp³-hybridized carbons (Fsp3) is 0.412. The Bertz CT molecular complexity index is 4790. The molecule has 82 heavy (non-hydrogen) atoms. The van der Waals surface area contributed by atoms with Gasteiger partial charge in [-0.2, -0.15) is 6.07 Å². The topological polar surface area (TPSA) is 16.8 Å². The quantitative estimate of drug-likeness (QED) is 0.209. The van der Waals surface area contributed by atoms with Gasteiger partial charge in [-0.05, 0) is 22.9 Å². The van der Waals surface area contributed by atoms with Gasteiger partial charge in [0.2, 0.25) is 0 Å². The van der Waals surface area contributed by atoms with Crippen LogP contribution in [0.1, 0.15) is 27.7 Å². The average Bonchev–Trinajstić information content (AvgIpc) is 3.49. The van der Waals surface area contributed by atoms with Crippen LogP contribution in [0.15, 0.2) is 52.6 Å². The van der Waals surface area contributed by atoms with Gasteiger partial charge in [-0.15, -0.1) is 6.07 Å². The molecule has 0 N–H and O–H groups in total. The SMILES string of the molecule is CC(C)SSc1ccc[c-][n+]1C.CC(C)SSc1ccccn1.S=S=S=S=S=S=S=S=S=S=S=S=S=S=S=S=S=S=S=S=S=S=S=S=S=S=S=S=S.S=S=S=S=S=S=S=S=S=S=S=S=S=S=S=S=S=S=S=S=S=S=S=S=S=S=S=S=S=S. The first-order valence-electron chi connectivity index (χ1n) is 16.9. The molecule has 0 bridgehead atoms. The molecule has 0 saturated heterocycles. The van der Waals surface area contributed by atoms with Crippen molar-refractivity contribution in [2.24, 2.45) is 7.05 Å². The van der Waals surface area contributed by atoms with Crippen LogP contribution in [-0.4, -0.2) is 15.5 Å². The molecular weight excluding hydrogens is 2250 g/mol. The van der Waals surface area contributed by atoms with E-state index in [-0.39, 0.29) is 0 Å². The molecule has 0 fully saturated rings. The second kappa shape index (κ2) is 87.9. The first kappa shape index (κ1) is 96.7. The van der Waals surface area contributed by atoms with Crippen LogP contribution < -0.4 is 4.57 Å². The molecule has 2 aromatic rings. The maximum atomic E-state index is 4.79. The highest BCUT2D eigenvalue weighted by Gasteiger charge is 2.00. The minimum absolute atomic E-state index is 0.655. The molecule has 0 aliphatic heterocycles. The number of nitrogens with zero attached hydrogens (tertiary/aromatic N) is 2. The summed E-state index contributed by atoms with van der Waals surface area (Å²) in [5.41, 5.74) is 0. The molecule has 65 heteroatoms. The van der Waals surface area contributed by atoms with Gasteiger partial charge in [0.05, 0.1) is 0 Å². The maximum Gasteiger partial charge on any atom is 0.143 e. The smallest absolute Gasteiger partial charge is 0.143 e. The minimum atomic E-state index is 0.655. The van der Waals surface area contributed by atoms with E-state index in [0.29, 0.717) is 10.5 Å². The number of aromatic nitrogens is 2. The standard InChI is InChI=1S/C9H13NS2.C8H11NS2.S30.S29/c1-8(2)11-12-9-6-4-5-7-10(9)3;1-7(2)10-11-8-5-3-4-6-9-8;1-3-5-7-9-11-13-15-17-19-21-23-25-27-29-30-28-26-24-22-20-18-16-14-12-10-8-6-4-2;1-3-5-7-9-11-13-15-17-19-21-23-25-27-29-28-26-24-22-20-18-16-14-12-10-8-6-4-2/h4-6,8H,1-3H3;3-7H,1-2H3;;. The normalized spacial score (nSPS) is 8.43. The lowest BCUT2D eigenvalue weighted by Gasteiger charge is -2.06. The van der Waals surface area contributed by atoms with Gasteiger partial charge in [0.15, 0.2) is 0 Å². The molecule has 2 nitrogen and oxygen atoms in total. The average molecular weight is 2280 g/mol. The first-order chi connectivity index (χ1) is 40.3. The second-order valence-electron chi connectivity index (χ2n) is 8.92. The molecule has 0 aliphatic rings. The van der Waals surface area contributed by atoms with Crippen molar-refractivity contribution < 1.29 is 4.57 Å². The zero-order valence-corrected chi connectivity index (χ0v) is 89.7. The van der Waals surface area contributed by atoms with Crippen molar-refractivity contribution >= 4 is 576 Å². The summed E-state index contributed by atoms with van der Waals surface area (Å²) in [4.78, 5) is 4.19. The third-order valence-electron chi connectivity index (χ3n) is 3.70. The molecule has 0 saturated carbocycles. The Kier molecular flexibility index (Phi) is 104. The van der Waals surface area contributed by atoms with Crippen LogP contribution in [0.3, 0.4) is 0 Å². The van der Waals surface area contributed by atoms with Gasteiger partial charge in [0, 0.05) is 550 Å². The Labute approximate surface area is 671 Å². The number of aryl methyl sites for hydroxylation is 1. The van der Waals surface area contributed by atoms with E-state index in [9.17, 15) is 0 Å². The van der Waals surface area contributed by atoms with E-state index in [1.165, 1.54) is 40.5 Å². The van der Waals surface area contributed by atoms with Gasteiger partial charge in [0.1, 0.15) is 23.3 Å². The Hall–Kier alpha value is 12.7. The van der Waals surface area contributed by atoms with E-state index in [0.717, 1.165) is 5.03 Å². The van der Waals surface area contributed by atoms with E-state index < -0.39 is 0 Å². The van der Waals surface area contributed by atoms with Gasteiger partial charge >= 0.3 is 0 Å². The second-order valence-corrected chi connectivity index (χ2v) is 112. The fourth-order valence-corrected chi connectivity index (χ4v) is 145. The molecule has 2 rings (SSSR count). The fourth-order valence-electron chi connectivity index (χ4n) is 1.81. The lowest BCUT2D eigenvalue weighted by atomic mass is 10.5. The molecule has 0 radical (unpaired) electrons. The van der Waals surface area contributed by atoms with Crippen molar-refractivity contribution in [3.8, 4) is 0 Å². The maximum absolute atomic E-state index is 4.79. The first-order valence-corrected chi connectivity index (χ1v) is 97.4. The van der Waals surface area contributed by atoms with Gasteiger partial charge in [0.25, 0.3) is 0 Å². The van der Waals surface area contributed by atoms with Crippen molar-refractivity contribution in [1.29, 1.82) is 0 Å². The molecule has 0 aromatic carbocycles. The zero-order valence-electron chi connectivity index (χ0n) is 38.3. The Morgan fingerprint density at radius 1 is 0.317 bits per heavy atom. The predicted molar refractivity (Wildman–Crippen MR) is 542 cm³/mol. The van der Waals surface area contributed by atoms with Crippen molar-refractivity contribution in [2.45, 2.75) is 48.2 Å². The van der Waals surface area contributed by atoms with Crippen LogP contribution in [0.4, 0.5) is 0 Å². The Balaban J connectivity index is 0. The summed E-state index contributed by atoms with van der Waals surface area (Å²) in [6.45, 7) is 8.76. The van der Waals surface area contributed by atoms with Crippen LogP contribution in [-0.2, 0) is 540 Å². The number of hydrogen-bond donors (Lipinski definition) is 0. The molecule has 0 atom stereocenters. The van der Waals surface area contributed by atoms with Crippen molar-refractivity contribution in [3.63, 3.8) is 0 Å². The summed E-state index contributed by atoms with van der Waals surface area (Å²) in [7, 11) is 106. The monoisotopic (exact) mass is 2270 g/mol. The van der Waals surface area contributed by atoms with Crippen LogP contribution in [0, 0.1) is 6.20 Å². The molecule has 2 aromatic heterocycles. The molecule has 480 valence electrons. The minimum Gasteiger partial charge on any atom is -0.301 e. The van der Waals surface area contributed by atoms with Crippen molar-refractivity contribution in [1.82, 2.24) is 4.98 Å². The van der Waals surface area contributed by atoms with Gasteiger partial charge in [-0.25, -0.2) is 4.98 Å². The summed E-state index contributed by atoms with van der Waals surface area (Å²) in [5, 5.41) is 3.65. The largest absolute Gasteiger partial charge is 0.301 e. The van der Waals surface area contributed by atoms with Crippen molar-refractivity contribution in [3.05, 3.63) is 48.8 Å². The number of hydrogen-bond acceptors (Lipinski definition) is 9. The summed E-state index contributed by atoms with van der Waals surface area (Å²) >= 11 is 19.1.